The molecule has 1 saturated carbocycles. The third kappa shape index (κ3) is 4.83. The molecular weight excluding hydrogens is 454 g/mol. The summed E-state index contributed by atoms with van der Waals surface area (Å²) in [5, 5.41) is 18.4. The number of hydrogen-bond acceptors (Lipinski definition) is 7. The lowest BCUT2D eigenvalue weighted by molar-refractivity contribution is -0.129. The second kappa shape index (κ2) is 9.82. The molecule has 3 aliphatic rings. The highest BCUT2D eigenvalue weighted by atomic mass is 16.5. The van der Waals surface area contributed by atoms with E-state index < -0.39 is 11.5 Å². The molecule has 2 saturated heterocycles. The average molecular weight is 486 g/mol. The summed E-state index contributed by atoms with van der Waals surface area (Å²) in [6.45, 7) is 5.42. The molecule has 0 aromatic carbocycles. The smallest absolute Gasteiger partial charge is 0.291 e. The van der Waals surface area contributed by atoms with Gasteiger partial charge in [-0.1, -0.05) is 0 Å². The third-order valence-electron chi connectivity index (χ3n) is 6.86. The van der Waals surface area contributed by atoms with Crippen LogP contribution in [0.4, 0.5) is 0 Å². The number of aromatic nitrogens is 3. The Hall–Kier alpha value is -3.18. The van der Waals surface area contributed by atoms with Crippen molar-refractivity contribution in [1.29, 1.82) is 0 Å². The van der Waals surface area contributed by atoms with Crippen LogP contribution in [0.3, 0.4) is 0 Å². The molecule has 2 amide bonds. The Morgan fingerprint density at radius 1 is 1.11 bits per heavy atom. The Labute approximate surface area is 202 Å². The standard InChI is InChI=1S/C24H31N5O6/c1-15-18(4-5-19(30)27-8-12-35-13-9-27)22-28(14-16-6-10-34-11-7-16)23(32)20(24(33)29(22)26-15)21(31)25-17-2-3-17/h4-5,16-17,32H,2-3,6-14H2,1H3,(H,25,31)/b5-4+. The minimum atomic E-state index is -0.680. The number of carbonyl (C=O) groups excluding carboxylic acids is 2. The predicted octanol–water partition coefficient (Wildman–Crippen LogP) is 0.701. The quantitative estimate of drug-likeness (QED) is 0.577. The van der Waals surface area contributed by atoms with Crippen LogP contribution < -0.4 is 10.9 Å². The summed E-state index contributed by atoms with van der Waals surface area (Å²) >= 11 is 0. The number of hydrogen-bond donors (Lipinski definition) is 2. The predicted molar refractivity (Wildman–Crippen MR) is 126 cm³/mol. The van der Waals surface area contributed by atoms with Crippen LogP contribution in [0.15, 0.2) is 10.9 Å². The maximum atomic E-state index is 13.3. The van der Waals surface area contributed by atoms with E-state index in [4.69, 9.17) is 9.47 Å². The number of fused-ring (bicyclic) bond motifs is 1. The highest BCUT2D eigenvalue weighted by Gasteiger charge is 2.31. The van der Waals surface area contributed by atoms with Gasteiger partial charge in [0.1, 0.15) is 5.65 Å². The van der Waals surface area contributed by atoms with Crippen LogP contribution in [0.2, 0.25) is 0 Å². The maximum absolute atomic E-state index is 13.3. The van der Waals surface area contributed by atoms with Crippen LogP contribution in [0.25, 0.3) is 11.7 Å². The van der Waals surface area contributed by atoms with Gasteiger partial charge in [-0.2, -0.15) is 9.61 Å². The number of morpholine rings is 1. The molecule has 3 fully saturated rings. The fourth-order valence-corrected chi connectivity index (χ4v) is 4.65. The van der Waals surface area contributed by atoms with Crippen molar-refractivity contribution in [3.05, 3.63) is 33.3 Å². The summed E-state index contributed by atoms with van der Waals surface area (Å²) in [5.74, 6) is -0.927. The largest absolute Gasteiger partial charge is 0.494 e. The Bertz CT molecular complexity index is 1220. The number of carbonyl (C=O) groups is 2. The van der Waals surface area contributed by atoms with Gasteiger partial charge in [0.2, 0.25) is 11.8 Å². The molecule has 1 aliphatic carbocycles. The van der Waals surface area contributed by atoms with E-state index in [2.05, 4.69) is 10.4 Å². The van der Waals surface area contributed by atoms with Crippen molar-refractivity contribution in [3.63, 3.8) is 0 Å². The summed E-state index contributed by atoms with van der Waals surface area (Å²) < 4.78 is 13.6. The van der Waals surface area contributed by atoms with E-state index in [1.807, 2.05) is 0 Å². The monoisotopic (exact) mass is 485 g/mol. The van der Waals surface area contributed by atoms with Crippen molar-refractivity contribution in [2.75, 3.05) is 39.5 Å². The van der Waals surface area contributed by atoms with E-state index in [0.29, 0.717) is 63.0 Å². The molecule has 2 aliphatic heterocycles. The van der Waals surface area contributed by atoms with Crippen molar-refractivity contribution in [2.45, 2.75) is 45.2 Å². The number of nitrogens with zero attached hydrogens (tertiary/aromatic N) is 4. The SMILES string of the molecule is Cc1nn2c(=O)c(C(=O)NC3CC3)c(O)n(CC3CCOCC3)c2c1/C=C/C(=O)N1CCOCC1. The molecule has 2 aromatic heterocycles. The van der Waals surface area contributed by atoms with Crippen LogP contribution in [-0.4, -0.2) is 81.6 Å². The van der Waals surface area contributed by atoms with E-state index in [1.165, 1.54) is 10.6 Å². The minimum absolute atomic E-state index is 0.0324. The van der Waals surface area contributed by atoms with Crippen molar-refractivity contribution < 1.29 is 24.2 Å². The Balaban J connectivity index is 1.58. The van der Waals surface area contributed by atoms with E-state index >= 15 is 0 Å². The van der Waals surface area contributed by atoms with Crippen molar-refractivity contribution in [2.24, 2.45) is 5.92 Å². The van der Waals surface area contributed by atoms with Gasteiger partial charge in [-0.15, -0.1) is 0 Å². The summed E-state index contributed by atoms with van der Waals surface area (Å²) in [6, 6.07) is 0.0324. The molecule has 0 unspecified atom stereocenters. The minimum Gasteiger partial charge on any atom is -0.494 e. The van der Waals surface area contributed by atoms with E-state index in [1.54, 1.807) is 22.5 Å². The van der Waals surface area contributed by atoms with Gasteiger partial charge in [-0.3, -0.25) is 19.0 Å². The molecule has 5 rings (SSSR count). The van der Waals surface area contributed by atoms with Crippen LogP contribution in [0.1, 0.15) is 47.3 Å². The lowest BCUT2D eigenvalue weighted by atomic mass is 10.00. The summed E-state index contributed by atoms with van der Waals surface area (Å²) in [6.07, 6.45) is 6.42. The highest BCUT2D eigenvalue weighted by Crippen LogP contribution is 2.28. The summed E-state index contributed by atoms with van der Waals surface area (Å²) in [7, 11) is 0. The molecule has 11 nitrogen and oxygen atoms in total. The van der Waals surface area contributed by atoms with Gasteiger partial charge in [-0.25, -0.2) is 0 Å². The molecular formula is C24H31N5O6. The molecule has 4 heterocycles. The van der Waals surface area contributed by atoms with Gasteiger partial charge in [-0.05, 0) is 44.6 Å². The van der Waals surface area contributed by atoms with Gasteiger partial charge < -0.3 is 24.8 Å². The number of nitrogens with one attached hydrogen (secondary N) is 1. The fraction of sp³-hybridized carbons (Fsp3) is 0.583. The molecule has 11 heteroatoms. The molecule has 0 spiro atoms. The van der Waals surface area contributed by atoms with E-state index in [-0.39, 0.29) is 29.3 Å². The lowest BCUT2D eigenvalue weighted by Gasteiger charge is -2.25. The highest BCUT2D eigenvalue weighted by molar-refractivity contribution is 5.97. The van der Waals surface area contributed by atoms with Crippen LogP contribution in [-0.2, 0) is 20.8 Å². The Morgan fingerprint density at radius 3 is 2.49 bits per heavy atom. The van der Waals surface area contributed by atoms with Gasteiger partial charge in [0.25, 0.3) is 11.5 Å². The number of rotatable bonds is 6. The molecule has 2 N–H and O–H groups in total. The van der Waals surface area contributed by atoms with Gasteiger partial charge in [0.15, 0.2) is 5.56 Å². The van der Waals surface area contributed by atoms with E-state index in [0.717, 1.165) is 25.7 Å². The first kappa shape index (κ1) is 23.6. The molecule has 0 radical (unpaired) electrons. The topological polar surface area (TPSA) is 127 Å². The zero-order chi connectivity index (χ0) is 24.5. The maximum Gasteiger partial charge on any atom is 0.291 e. The molecule has 0 bridgehead atoms. The number of amides is 2. The molecule has 0 atom stereocenters. The Morgan fingerprint density at radius 2 is 1.80 bits per heavy atom. The van der Waals surface area contributed by atoms with Crippen LogP contribution in [0.5, 0.6) is 5.88 Å². The second-order valence-corrected chi connectivity index (χ2v) is 9.42. The molecule has 35 heavy (non-hydrogen) atoms. The second-order valence-electron chi connectivity index (χ2n) is 9.42. The van der Waals surface area contributed by atoms with Gasteiger partial charge >= 0.3 is 0 Å². The van der Waals surface area contributed by atoms with Crippen LogP contribution in [0, 0.1) is 12.8 Å². The normalized spacial score (nSPS) is 19.5. The van der Waals surface area contributed by atoms with Gasteiger partial charge in [0, 0.05) is 50.5 Å². The first-order valence-corrected chi connectivity index (χ1v) is 12.2. The molecule has 188 valence electrons. The first-order valence-electron chi connectivity index (χ1n) is 12.2. The number of aryl methyl sites for hydroxylation is 1. The van der Waals surface area contributed by atoms with Crippen molar-refractivity contribution in [1.82, 2.24) is 24.4 Å². The zero-order valence-electron chi connectivity index (χ0n) is 19.9. The zero-order valence-corrected chi connectivity index (χ0v) is 19.9. The van der Waals surface area contributed by atoms with E-state index in [9.17, 15) is 19.5 Å². The first-order chi connectivity index (χ1) is 16.9. The molecule has 2 aromatic rings. The third-order valence-corrected chi connectivity index (χ3v) is 6.86. The van der Waals surface area contributed by atoms with Crippen molar-refractivity contribution in [3.8, 4) is 5.88 Å². The van der Waals surface area contributed by atoms with Crippen LogP contribution >= 0.6 is 0 Å². The number of ether oxygens (including phenoxy) is 2. The lowest BCUT2D eigenvalue weighted by Crippen LogP contribution is -2.39. The fourth-order valence-electron chi connectivity index (χ4n) is 4.65. The van der Waals surface area contributed by atoms with Crippen molar-refractivity contribution >= 4 is 23.5 Å². The average Bonchev–Trinajstić information content (AvgIpc) is 3.62. The summed E-state index contributed by atoms with van der Waals surface area (Å²) in [5.41, 5.74) is 0.457. The summed E-state index contributed by atoms with van der Waals surface area (Å²) in [4.78, 5) is 40.6. The Kier molecular flexibility index (Phi) is 6.61. The number of aromatic hydroxyl groups is 1. The van der Waals surface area contributed by atoms with Gasteiger partial charge in [0.05, 0.1) is 18.9 Å².